The van der Waals surface area contributed by atoms with Gasteiger partial charge in [-0.3, -0.25) is 9.69 Å². The fourth-order valence-corrected chi connectivity index (χ4v) is 4.59. The van der Waals surface area contributed by atoms with Crippen molar-refractivity contribution in [3.05, 3.63) is 65.2 Å². The molecule has 9 heteroatoms. The van der Waals surface area contributed by atoms with Crippen molar-refractivity contribution in [2.45, 2.75) is 46.7 Å². The number of benzene rings is 2. The van der Waals surface area contributed by atoms with Crippen LogP contribution in [0.15, 0.2) is 48.5 Å². The molecule has 1 unspecified atom stereocenters. The highest BCUT2D eigenvalue weighted by Gasteiger charge is 2.24. The minimum atomic E-state index is -0.479. The molecule has 1 aliphatic rings. The van der Waals surface area contributed by atoms with Crippen LogP contribution in [-0.2, 0) is 6.54 Å². The summed E-state index contributed by atoms with van der Waals surface area (Å²) in [5.41, 5.74) is 8.99. The lowest BCUT2D eigenvalue weighted by Gasteiger charge is -2.27. The van der Waals surface area contributed by atoms with E-state index in [1.807, 2.05) is 31.0 Å². The predicted octanol–water partition coefficient (Wildman–Crippen LogP) is 4.19. The van der Waals surface area contributed by atoms with Crippen molar-refractivity contribution in [3.8, 4) is 0 Å². The number of amides is 1. The highest BCUT2D eigenvalue weighted by Crippen LogP contribution is 2.25. The fourth-order valence-electron chi connectivity index (χ4n) is 4.59. The summed E-state index contributed by atoms with van der Waals surface area (Å²) in [5.74, 6) is 1.05. The van der Waals surface area contributed by atoms with E-state index in [1.165, 1.54) is 5.56 Å². The van der Waals surface area contributed by atoms with E-state index in [0.717, 1.165) is 43.9 Å². The number of nitrogens with zero attached hydrogens (tertiary/aromatic N) is 5. The number of nitrogens with one attached hydrogen (secondary N) is 2. The van der Waals surface area contributed by atoms with Gasteiger partial charge in [-0.1, -0.05) is 57.2 Å². The Kier molecular flexibility index (Phi) is 7.92. The first-order valence-corrected chi connectivity index (χ1v) is 12.7. The molecule has 1 fully saturated rings. The van der Waals surface area contributed by atoms with Gasteiger partial charge in [-0.15, -0.1) is 0 Å². The van der Waals surface area contributed by atoms with Crippen LogP contribution in [0.4, 0.5) is 23.5 Å². The minimum Gasteiger partial charge on any atom is -0.366 e. The van der Waals surface area contributed by atoms with Crippen molar-refractivity contribution >= 4 is 29.4 Å². The molecule has 1 saturated heterocycles. The Labute approximate surface area is 219 Å². The molecule has 4 rings (SSSR count). The van der Waals surface area contributed by atoms with Gasteiger partial charge in [-0.2, -0.15) is 15.0 Å². The molecule has 0 spiro atoms. The van der Waals surface area contributed by atoms with Crippen LogP contribution < -0.4 is 21.3 Å². The van der Waals surface area contributed by atoms with E-state index in [4.69, 9.17) is 15.7 Å². The molecular formula is C28H38N8O. The molecule has 2 heterocycles. The molecule has 3 aromatic rings. The van der Waals surface area contributed by atoms with E-state index in [0.29, 0.717) is 23.4 Å². The largest absolute Gasteiger partial charge is 0.366 e. The van der Waals surface area contributed by atoms with E-state index >= 15 is 0 Å². The maximum Gasteiger partial charge on any atom is 0.248 e. The summed E-state index contributed by atoms with van der Waals surface area (Å²) in [6.45, 7) is 12.1. The molecule has 4 N–H and O–H groups in total. The van der Waals surface area contributed by atoms with Gasteiger partial charge in [0.15, 0.2) is 0 Å². The van der Waals surface area contributed by atoms with E-state index < -0.39 is 5.91 Å². The molecule has 0 bridgehead atoms. The van der Waals surface area contributed by atoms with E-state index in [1.54, 1.807) is 12.1 Å². The third-order valence-corrected chi connectivity index (χ3v) is 6.30. The van der Waals surface area contributed by atoms with E-state index in [9.17, 15) is 4.79 Å². The van der Waals surface area contributed by atoms with Gasteiger partial charge >= 0.3 is 0 Å². The molecule has 1 atom stereocenters. The van der Waals surface area contributed by atoms with E-state index in [2.05, 4.69) is 65.6 Å². The number of carbonyl (C=O) groups excluding carboxylic acids is 1. The van der Waals surface area contributed by atoms with Crippen molar-refractivity contribution < 1.29 is 4.79 Å². The van der Waals surface area contributed by atoms with Crippen LogP contribution in [0, 0.1) is 12.3 Å². The molecule has 1 aromatic heterocycles. The van der Waals surface area contributed by atoms with E-state index in [-0.39, 0.29) is 11.5 Å². The average molecular weight is 503 g/mol. The highest BCUT2D eigenvalue weighted by atomic mass is 16.1. The van der Waals surface area contributed by atoms with Gasteiger partial charge < -0.3 is 21.3 Å². The molecule has 9 nitrogen and oxygen atoms in total. The van der Waals surface area contributed by atoms with Crippen LogP contribution in [0.5, 0.6) is 0 Å². The summed E-state index contributed by atoms with van der Waals surface area (Å²) < 4.78 is 0. The SMILES string of the molecule is Cc1ccc(C(N)=O)cc1Nc1nc(NC2CCN(Cc3ccccc3)C2)nc(N(C)CC(C)(C)C)n1. The maximum atomic E-state index is 11.7. The fraction of sp³-hybridized carbons (Fsp3) is 0.429. The second kappa shape index (κ2) is 11.1. The molecule has 37 heavy (non-hydrogen) atoms. The smallest absolute Gasteiger partial charge is 0.248 e. The Hall–Kier alpha value is -3.72. The molecule has 196 valence electrons. The first kappa shape index (κ1) is 26.3. The van der Waals surface area contributed by atoms with Crippen molar-refractivity contribution in [3.63, 3.8) is 0 Å². The number of aryl methyl sites for hydroxylation is 1. The number of aromatic nitrogens is 3. The lowest BCUT2D eigenvalue weighted by molar-refractivity contribution is 0.100. The highest BCUT2D eigenvalue weighted by molar-refractivity contribution is 5.94. The Balaban J connectivity index is 1.55. The van der Waals surface area contributed by atoms with Crippen LogP contribution in [0.2, 0.25) is 0 Å². The number of primary amides is 1. The van der Waals surface area contributed by atoms with Crippen molar-refractivity contribution in [2.24, 2.45) is 11.1 Å². The zero-order valence-corrected chi connectivity index (χ0v) is 22.5. The van der Waals surface area contributed by atoms with Crippen LogP contribution in [0.1, 0.15) is 48.7 Å². The second-order valence-corrected chi connectivity index (χ2v) is 11.1. The van der Waals surface area contributed by atoms with Gasteiger partial charge in [-0.25, -0.2) is 0 Å². The van der Waals surface area contributed by atoms with Crippen LogP contribution >= 0.6 is 0 Å². The van der Waals surface area contributed by atoms with Gasteiger partial charge in [-0.05, 0) is 42.0 Å². The Bertz CT molecular complexity index is 1220. The first-order valence-electron chi connectivity index (χ1n) is 12.7. The van der Waals surface area contributed by atoms with Gasteiger partial charge in [0.2, 0.25) is 23.8 Å². The number of nitrogens with two attached hydrogens (primary N) is 1. The summed E-state index contributed by atoms with van der Waals surface area (Å²) in [4.78, 5) is 30.4. The van der Waals surface area contributed by atoms with Gasteiger partial charge in [0, 0.05) is 50.5 Å². The summed E-state index contributed by atoms with van der Waals surface area (Å²) in [5, 5.41) is 6.83. The summed E-state index contributed by atoms with van der Waals surface area (Å²) in [6, 6.07) is 16.1. The summed E-state index contributed by atoms with van der Waals surface area (Å²) in [6.07, 6.45) is 1.01. The molecule has 1 aliphatic heterocycles. The van der Waals surface area contributed by atoms with Gasteiger partial charge in [0.25, 0.3) is 0 Å². The average Bonchev–Trinajstić information content (AvgIpc) is 3.26. The molecule has 0 aliphatic carbocycles. The Morgan fingerprint density at radius 2 is 1.84 bits per heavy atom. The number of hydrogen-bond acceptors (Lipinski definition) is 8. The topological polar surface area (TPSA) is 112 Å². The van der Waals surface area contributed by atoms with Crippen molar-refractivity contribution in [1.82, 2.24) is 19.9 Å². The van der Waals surface area contributed by atoms with Crippen LogP contribution in [-0.4, -0.2) is 58.5 Å². The third kappa shape index (κ3) is 7.39. The van der Waals surface area contributed by atoms with Crippen molar-refractivity contribution in [1.29, 1.82) is 0 Å². The van der Waals surface area contributed by atoms with Gasteiger partial charge in [0.1, 0.15) is 0 Å². The third-order valence-electron chi connectivity index (χ3n) is 6.30. The quantitative estimate of drug-likeness (QED) is 0.399. The number of rotatable bonds is 9. The number of carbonyl (C=O) groups is 1. The normalized spacial score (nSPS) is 16.0. The zero-order valence-electron chi connectivity index (χ0n) is 22.5. The lowest BCUT2D eigenvalue weighted by Crippen LogP contribution is -2.31. The number of anilines is 4. The maximum absolute atomic E-state index is 11.7. The van der Waals surface area contributed by atoms with Gasteiger partial charge in [0.05, 0.1) is 0 Å². The minimum absolute atomic E-state index is 0.0678. The standard InChI is InChI=1S/C28H38N8O/c1-19-11-12-21(24(29)37)15-23(19)31-26-32-25(33-27(34-26)35(5)18-28(2,3)4)30-22-13-14-36(17-22)16-20-9-7-6-8-10-20/h6-12,15,22H,13-14,16-18H2,1-5H3,(H2,29,37)(H2,30,31,32,33,34). The second-order valence-electron chi connectivity index (χ2n) is 11.1. The Morgan fingerprint density at radius 1 is 1.11 bits per heavy atom. The molecular weight excluding hydrogens is 464 g/mol. The predicted molar refractivity (Wildman–Crippen MR) is 149 cm³/mol. The van der Waals surface area contributed by atoms with Crippen LogP contribution in [0.25, 0.3) is 0 Å². The van der Waals surface area contributed by atoms with Crippen LogP contribution in [0.3, 0.4) is 0 Å². The lowest BCUT2D eigenvalue weighted by atomic mass is 9.96. The molecule has 0 radical (unpaired) electrons. The molecule has 0 saturated carbocycles. The number of hydrogen-bond donors (Lipinski definition) is 3. The van der Waals surface area contributed by atoms with Crippen molar-refractivity contribution in [2.75, 3.05) is 42.2 Å². The zero-order chi connectivity index (χ0) is 26.6. The molecule has 1 amide bonds. The number of likely N-dealkylation sites (tertiary alicyclic amines) is 1. The summed E-state index contributed by atoms with van der Waals surface area (Å²) >= 11 is 0. The first-order chi connectivity index (χ1) is 17.6. The summed E-state index contributed by atoms with van der Waals surface area (Å²) in [7, 11) is 1.99. The molecule has 2 aromatic carbocycles. The monoisotopic (exact) mass is 502 g/mol. The Morgan fingerprint density at radius 3 is 2.54 bits per heavy atom.